The van der Waals surface area contributed by atoms with Gasteiger partial charge in [0.2, 0.25) is 0 Å². The van der Waals surface area contributed by atoms with Crippen molar-refractivity contribution in [1.82, 2.24) is 15.1 Å². The van der Waals surface area contributed by atoms with E-state index in [1.54, 1.807) is 0 Å². The number of fused-ring (bicyclic) bond motifs is 1. The lowest BCUT2D eigenvalue weighted by Crippen LogP contribution is -2.21. The van der Waals surface area contributed by atoms with Crippen molar-refractivity contribution < 1.29 is 0 Å². The molecule has 0 amide bonds. The summed E-state index contributed by atoms with van der Waals surface area (Å²) >= 11 is 0. The largest absolute Gasteiger partial charge is 0.308 e. The van der Waals surface area contributed by atoms with Gasteiger partial charge in [0.15, 0.2) is 0 Å². The van der Waals surface area contributed by atoms with Crippen LogP contribution in [0.25, 0.3) is 10.8 Å². The summed E-state index contributed by atoms with van der Waals surface area (Å²) in [5.74, 6) is 0. The van der Waals surface area contributed by atoms with Crippen molar-refractivity contribution in [3.05, 3.63) is 66.0 Å². The Labute approximate surface area is 125 Å². The summed E-state index contributed by atoms with van der Waals surface area (Å²) in [5, 5.41) is 10.4. The van der Waals surface area contributed by atoms with Crippen LogP contribution in [0.1, 0.15) is 30.6 Å². The van der Waals surface area contributed by atoms with Crippen molar-refractivity contribution >= 4 is 10.8 Å². The van der Waals surface area contributed by atoms with Gasteiger partial charge in [0.05, 0.1) is 11.7 Å². The van der Waals surface area contributed by atoms with Crippen LogP contribution in [0.2, 0.25) is 0 Å². The molecule has 1 aromatic heterocycles. The average Bonchev–Trinajstić information content (AvgIpc) is 2.97. The number of aromatic nitrogens is 2. The Bertz CT molecular complexity index is 730. The predicted molar refractivity (Wildman–Crippen MR) is 87.4 cm³/mol. The third-order valence-electron chi connectivity index (χ3n) is 3.88. The quantitative estimate of drug-likeness (QED) is 0.770. The van der Waals surface area contributed by atoms with Crippen molar-refractivity contribution in [3.63, 3.8) is 0 Å². The van der Waals surface area contributed by atoms with Crippen LogP contribution in [-0.2, 0) is 6.54 Å². The van der Waals surface area contributed by atoms with Gasteiger partial charge in [0.25, 0.3) is 0 Å². The Kier molecular flexibility index (Phi) is 4.02. The van der Waals surface area contributed by atoms with Crippen LogP contribution in [0.3, 0.4) is 0 Å². The Balaban J connectivity index is 2.03. The number of aryl methyl sites for hydroxylation is 1. The van der Waals surface area contributed by atoms with E-state index in [9.17, 15) is 0 Å². The zero-order chi connectivity index (χ0) is 14.7. The molecule has 3 aromatic rings. The van der Waals surface area contributed by atoms with E-state index in [4.69, 9.17) is 0 Å². The van der Waals surface area contributed by atoms with Crippen molar-refractivity contribution in [2.24, 2.45) is 0 Å². The maximum atomic E-state index is 4.44. The lowest BCUT2D eigenvalue weighted by Gasteiger charge is -2.19. The molecule has 0 aliphatic heterocycles. The zero-order valence-corrected chi connectivity index (χ0v) is 12.6. The van der Waals surface area contributed by atoms with E-state index in [0.717, 1.165) is 13.0 Å². The van der Waals surface area contributed by atoms with E-state index in [1.807, 2.05) is 13.2 Å². The Morgan fingerprint density at radius 2 is 1.90 bits per heavy atom. The highest BCUT2D eigenvalue weighted by molar-refractivity contribution is 5.83. The van der Waals surface area contributed by atoms with Gasteiger partial charge in [0.1, 0.15) is 0 Å². The molecular formula is C18H21N3. The maximum Gasteiger partial charge on any atom is 0.0746 e. The normalized spacial score (nSPS) is 12.7. The van der Waals surface area contributed by atoms with Crippen LogP contribution in [-0.4, -0.2) is 16.8 Å². The number of hydrogen-bond donors (Lipinski definition) is 1. The second kappa shape index (κ2) is 6.10. The van der Waals surface area contributed by atoms with E-state index in [-0.39, 0.29) is 6.04 Å². The van der Waals surface area contributed by atoms with Crippen molar-refractivity contribution in [3.8, 4) is 0 Å². The summed E-state index contributed by atoms with van der Waals surface area (Å²) in [4.78, 5) is 0. The molecule has 0 aliphatic rings. The molecule has 0 saturated carbocycles. The first-order valence-corrected chi connectivity index (χ1v) is 7.51. The molecule has 1 heterocycles. The van der Waals surface area contributed by atoms with E-state index in [1.165, 1.54) is 22.0 Å². The number of hydrogen-bond acceptors (Lipinski definition) is 2. The van der Waals surface area contributed by atoms with Gasteiger partial charge < -0.3 is 5.32 Å². The molecule has 1 unspecified atom stereocenters. The molecule has 3 rings (SSSR count). The fraction of sp³-hybridized carbons (Fsp3) is 0.278. The van der Waals surface area contributed by atoms with Gasteiger partial charge in [-0.2, -0.15) is 5.10 Å². The summed E-state index contributed by atoms with van der Waals surface area (Å²) in [6.45, 7) is 3.13. The van der Waals surface area contributed by atoms with E-state index >= 15 is 0 Å². The van der Waals surface area contributed by atoms with Gasteiger partial charge in [-0.05, 0) is 41.9 Å². The molecule has 1 N–H and O–H groups in total. The van der Waals surface area contributed by atoms with Crippen LogP contribution < -0.4 is 5.32 Å². The van der Waals surface area contributed by atoms with Crippen LogP contribution >= 0.6 is 0 Å². The van der Waals surface area contributed by atoms with Gasteiger partial charge in [-0.1, -0.05) is 43.3 Å². The third kappa shape index (κ3) is 2.69. The van der Waals surface area contributed by atoms with Gasteiger partial charge in [0, 0.05) is 12.7 Å². The standard InChI is InChI=1S/C18H21N3/c1-3-12-21-17(10-11-20-21)18(19-2)16-9-8-14-6-4-5-7-15(14)13-16/h4-11,13,18-19H,3,12H2,1-2H3. The first-order chi connectivity index (χ1) is 10.3. The Morgan fingerprint density at radius 1 is 1.10 bits per heavy atom. The van der Waals surface area contributed by atoms with Crippen molar-refractivity contribution in [2.45, 2.75) is 25.9 Å². The lowest BCUT2D eigenvalue weighted by molar-refractivity contribution is 0.535. The first kappa shape index (κ1) is 13.8. The molecule has 108 valence electrons. The van der Waals surface area contributed by atoms with Crippen LogP contribution in [0.4, 0.5) is 0 Å². The van der Waals surface area contributed by atoms with Gasteiger partial charge in [-0.15, -0.1) is 0 Å². The van der Waals surface area contributed by atoms with Gasteiger partial charge >= 0.3 is 0 Å². The SMILES string of the molecule is CCCn1nccc1C(NC)c1ccc2ccccc2c1. The molecule has 0 bridgehead atoms. The second-order valence-electron chi connectivity index (χ2n) is 5.31. The fourth-order valence-corrected chi connectivity index (χ4v) is 2.86. The lowest BCUT2D eigenvalue weighted by atomic mass is 10.00. The van der Waals surface area contributed by atoms with Crippen LogP contribution in [0, 0.1) is 0 Å². The van der Waals surface area contributed by atoms with Crippen LogP contribution in [0.15, 0.2) is 54.7 Å². The molecule has 0 saturated heterocycles. The number of nitrogens with zero attached hydrogens (tertiary/aromatic N) is 2. The highest BCUT2D eigenvalue weighted by atomic mass is 15.3. The average molecular weight is 279 g/mol. The van der Waals surface area contributed by atoms with Gasteiger partial charge in [-0.3, -0.25) is 4.68 Å². The Morgan fingerprint density at radius 3 is 2.67 bits per heavy atom. The molecule has 1 atom stereocenters. The molecule has 0 fully saturated rings. The minimum Gasteiger partial charge on any atom is -0.308 e. The molecular weight excluding hydrogens is 258 g/mol. The molecule has 2 aromatic carbocycles. The van der Waals surface area contributed by atoms with Gasteiger partial charge in [-0.25, -0.2) is 0 Å². The molecule has 0 spiro atoms. The highest BCUT2D eigenvalue weighted by Gasteiger charge is 2.16. The summed E-state index contributed by atoms with van der Waals surface area (Å²) in [6.07, 6.45) is 2.97. The molecule has 0 aliphatic carbocycles. The predicted octanol–water partition coefficient (Wildman–Crippen LogP) is 3.76. The maximum absolute atomic E-state index is 4.44. The van der Waals surface area contributed by atoms with Crippen molar-refractivity contribution in [2.75, 3.05) is 7.05 Å². The first-order valence-electron chi connectivity index (χ1n) is 7.51. The van der Waals surface area contributed by atoms with Crippen molar-refractivity contribution in [1.29, 1.82) is 0 Å². The number of nitrogens with one attached hydrogen (secondary N) is 1. The number of rotatable bonds is 5. The minimum absolute atomic E-state index is 0.170. The molecule has 3 heteroatoms. The molecule has 3 nitrogen and oxygen atoms in total. The molecule has 21 heavy (non-hydrogen) atoms. The minimum atomic E-state index is 0.170. The second-order valence-corrected chi connectivity index (χ2v) is 5.31. The van der Waals surface area contributed by atoms with E-state index < -0.39 is 0 Å². The fourth-order valence-electron chi connectivity index (χ4n) is 2.86. The zero-order valence-electron chi connectivity index (χ0n) is 12.6. The summed E-state index contributed by atoms with van der Waals surface area (Å²) < 4.78 is 2.09. The summed E-state index contributed by atoms with van der Waals surface area (Å²) in [6, 6.07) is 17.4. The third-order valence-corrected chi connectivity index (χ3v) is 3.88. The Hall–Kier alpha value is -2.13. The molecule has 0 radical (unpaired) electrons. The van der Waals surface area contributed by atoms with E-state index in [0.29, 0.717) is 0 Å². The number of benzene rings is 2. The van der Waals surface area contributed by atoms with Crippen LogP contribution in [0.5, 0.6) is 0 Å². The van der Waals surface area contributed by atoms with E-state index in [2.05, 4.69) is 70.6 Å². The smallest absolute Gasteiger partial charge is 0.0746 e. The highest BCUT2D eigenvalue weighted by Crippen LogP contribution is 2.25. The monoisotopic (exact) mass is 279 g/mol. The topological polar surface area (TPSA) is 29.9 Å². The summed E-state index contributed by atoms with van der Waals surface area (Å²) in [7, 11) is 2.00. The summed E-state index contributed by atoms with van der Waals surface area (Å²) in [5.41, 5.74) is 2.49.